The fourth-order valence-electron chi connectivity index (χ4n) is 2.37. The number of hydrogen-bond acceptors (Lipinski definition) is 2. The van der Waals surface area contributed by atoms with Gasteiger partial charge in [0, 0.05) is 16.6 Å². The lowest BCUT2D eigenvalue weighted by atomic mass is 9.99. The Hall–Kier alpha value is -0.940. The molecule has 1 atom stereocenters. The molecule has 1 saturated heterocycles. The molecule has 1 unspecified atom stereocenters. The summed E-state index contributed by atoms with van der Waals surface area (Å²) in [7, 11) is 0. The van der Waals surface area contributed by atoms with E-state index in [1.807, 2.05) is 4.90 Å². The Morgan fingerprint density at radius 2 is 2.33 bits per heavy atom. The molecule has 2 rings (SSSR count). The van der Waals surface area contributed by atoms with Gasteiger partial charge in [-0.05, 0) is 38.4 Å². The summed E-state index contributed by atoms with van der Waals surface area (Å²) in [5.41, 5.74) is -0.341. The van der Waals surface area contributed by atoms with Gasteiger partial charge in [-0.15, -0.1) is 0 Å². The number of halogens is 2. The molecule has 1 aliphatic heterocycles. The molecule has 0 aromatic heterocycles. The molecule has 0 amide bonds. The molecule has 0 spiro atoms. The normalized spacial score (nSPS) is 24.4. The monoisotopic (exact) mass is 315 g/mol. The zero-order chi connectivity index (χ0) is 13.3. The third-order valence-electron chi connectivity index (χ3n) is 3.63. The smallest absolute Gasteiger partial charge is 0.323 e. The van der Waals surface area contributed by atoms with Gasteiger partial charge in [0.2, 0.25) is 0 Å². The SMILES string of the molecule is CC1(C(=O)O)CCCN1Cc1ccc(Br)cc1F. The van der Waals surface area contributed by atoms with E-state index >= 15 is 0 Å². The number of hydrogen-bond donors (Lipinski definition) is 1. The van der Waals surface area contributed by atoms with Gasteiger partial charge >= 0.3 is 5.97 Å². The molecule has 0 bridgehead atoms. The minimum absolute atomic E-state index is 0.302. The molecular formula is C13H15BrFNO2. The Labute approximate surface area is 114 Å². The maximum Gasteiger partial charge on any atom is 0.323 e. The van der Waals surface area contributed by atoms with Crippen molar-refractivity contribution in [3.05, 3.63) is 34.1 Å². The van der Waals surface area contributed by atoms with Crippen LogP contribution in [0.15, 0.2) is 22.7 Å². The maximum atomic E-state index is 13.8. The summed E-state index contributed by atoms with van der Waals surface area (Å²) in [6.45, 7) is 2.74. The molecule has 1 heterocycles. The van der Waals surface area contributed by atoms with E-state index in [1.165, 1.54) is 6.07 Å². The van der Waals surface area contributed by atoms with Crippen LogP contribution >= 0.6 is 15.9 Å². The fourth-order valence-corrected chi connectivity index (χ4v) is 2.70. The molecule has 98 valence electrons. The highest BCUT2D eigenvalue weighted by Gasteiger charge is 2.43. The molecule has 0 saturated carbocycles. The molecule has 1 aromatic carbocycles. The van der Waals surface area contributed by atoms with E-state index in [0.29, 0.717) is 29.5 Å². The van der Waals surface area contributed by atoms with Gasteiger partial charge in [-0.2, -0.15) is 0 Å². The molecule has 1 fully saturated rings. The van der Waals surface area contributed by atoms with Crippen molar-refractivity contribution in [2.24, 2.45) is 0 Å². The highest BCUT2D eigenvalue weighted by atomic mass is 79.9. The van der Waals surface area contributed by atoms with Crippen molar-refractivity contribution in [1.82, 2.24) is 4.90 Å². The summed E-state index contributed by atoms with van der Waals surface area (Å²) in [4.78, 5) is 13.2. The van der Waals surface area contributed by atoms with E-state index in [4.69, 9.17) is 0 Å². The molecule has 1 N–H and O–H groups in total. The summed E-state index contributed by atoms with van der Waals surface area (Å²) in [5, 5.41) is 9.29. The Balaban J connectivity index is 2.21. The number of aliphatic carboxylic acids is 1. The summed E-state index contributed by atoms with van der Waals surface area (Å²) < 4.78 is 14.4. The van der Waals surface area contributed by atoms with Gasteiger partial charge in [0.15, 0.2) is 0 Å². The second-order valence-electron chi connectivity index (χ2n) is 4.84. The largest absolute Gasteiger partial charge is 0.480 e. The first-order valence-corrected chi connectivity index (χ1v) is 6.65. The van der Waals surface area contributed by atoms with Crippen molar-refractivity contribution in [3.63, 3.8) is 0 Å². The summed E-state index contributed by atoms with van der Waals surface area (Å²) in [6.07, 6.45) is 1.45. The van der Waals surface area contributed by atoms with Gasteiger partial charge in [0.1, 0.15) is 11.4 Å². The highest BCUT2D eigenvalue weighted by Crippen LogP contribution is 2.31. The van der Waals surface area contributed by atoms with E-state index in [0.717, 1.165) is 6.42 Å². The van der Waals surface area contributed by atoms with Gasteiger partial charge in [0.05, 0.1) is 0 Å². The lowest BCUT2D eigenvalue weighted by Crippen LogP contribution is -2.47. The van der Waals surface area contributed by atoms with E-state index in [1.54, 1.807) is 19.1 Å². The van der Waals surface area contributed by atoms with Crippen LogP contribution < -0.4 is 0 Å². The van der Waals surface area contributed by atoms with Crippen LogP contribution in [0.25, 0.3) is 0 Å². The summed E-state index contributed by atoms with van der Waals surface area (Å²) >= 11 is 3.21. The third kappa shape index (κ3) is 2.42. The van der Waals surface area contributed by atoms with Crippen LogP contribution in [-0.4, -0.2) is 28.1 Å². The third-order valence-corrected chi connectivity index (χ3v) is 4.12. The molecule has 5 heteroatoms. The lowest BCUT2D eigenvalue weighted by Gasteiger charge is -2.31. The first-order valence-electron chi connectivity index (χ1n) is 5.86. The number of benzene rings is 1. The van der Waals surface area contributed by atoms with E-state index in [2.05, 4.69) is 15.9 Å². The Morgan fingerprint density at radius 1 is 1.61 bits per heavy atom. The standard InChI is InChI=1S/C13H15BrFNO2/c1-13(12(17)18)5-2-6-16(13)8-9-3-4-10(14)7-11(9)15/h3-4,7H,2,5-6,8H2,1H3,(H,17,18). The summed E-state index contributed by atoms with van der Waals surface area (Å²) in [5.74, 6) is -1.14. The van der Waals surface area contributed by atoms with Gasteiger partial charge < -0.3 is 5.11 Å². The van der Waals surface area contributed by atoms with E-state index in [9.17, 15) is 14.3 Å². The van der Waals surface area contributed by atoms with Crippen LogP contribution in [0, 0.1) is 5.82 Å². The van der Waals surface area contributed by atoms with Crippen molar-refractivity contribution in [3.8, 4) is 0 Å². The van der Waals surface area contributed by atoms with Crippen LogP contribution in [0.5, 0.6) is 0 Å². The number of rotatable bonds is 3. The van der Waals surface area contributed by atoms with Crippen molar-refractivity contribution in [1.29, 1.82) is 0 Å². The molecule has 0 aliphatic carbocycles. The van der Waals surface area contributed by atoms with Crippen LogP contribution in [0.4, 0.5) is 4.39 Å². The van der Waals surface area contributed by atoms with Crippen molar-refractivity contribution in [2.75, 3.05) is 6.54 Å². The average Bonchev–Trinajstić information content (AvgIpc) is 2.66. The number of likely N-dealkylation sites (tertiary alicyclic amines) is 1. The summed E-state index contributed by atoms with van der Waals surface area (Å²) in [6, 6.07) is 4.87. The zero-order valence-corrected chi connectivity index (χ0v) is 11.7. The topological polar surface area (TPSA) is 40.5 Å². The average molecular weight is 316 g/mol. The van der Waals surface area contributed by atoms with Gasteiger partial charge in [-0.1, -0.05) is 22.0 Å². The first kappa shape index (κ1) is 13.5. The number of nitrogens with zero attached hydrogens (tertiary/aromatic N) is 1. The number of carboxylic acid groups (broad SMARTS) is 1. The van der Waals surface area contributed by atoms with Crippen LogP contribution in [0.3, 0.4) is 0 Å². The molecule has 1 aromatic rings. The van der Waals surface area contributed by atoms with Gasteiger partial charge in [0.25, 0.3) is 0 Å². The predicted octanol–water partition coefficient (Wildman–Crippen LogP) is 3.03. The highest BCUT2D eigenvalue weighted by molar-refractivity contribution is 9.10. The Morgan fingerprint density at radius 3 is 2.94 bits per heavy atom. The van der Waals surface area contributed by atoms with Crippen molar-refractivity contribution >= 4 is 21.9 Å². The Kier molecular flexibility index (Phi) is 3.73. The molecule has 0 radical (unpaired) electrons. The molecular weight excluding hydrogens is 301 g/mol. The van der Waals surface area contributed by atoms with E-state index in [-0.39, 0.29) is 5.82 Å². The number of carbonyl (C=O) groups is 1. The van der Waals surface area contributed by atoms with Gasteiger partial charge in [-0.3, -0.25) is 9.69 Å². The van der Waals surface area contributed by atoms with Gasteiger partial charge in [-0.25, -0.2) is 4.39 Å². The zero-order valence-electron chi connectivity index (χ0n) is 10.1. The van der Waals surface area contributed by atoms with Crippen LogP contribution in [-0.2, 0) is 11.3 Å². The molecule has 18 heavy (non-hydrogen) atoms. The van der Waals surface area contributed by atoms with Crippen molar-refractivity contribution < 1.29 is 14.3 Å². The van der Waals surface area contributed by atoms with Crippen LogP contribution in [0.2, 0.25) is 0 Å². The quantitative estimate of drug-likeness (QED) is 0.932. The molecule has 3 nitrogen and oxygen atoms in total. The number of carboxylic acids is 1. The second-order valence-corrected chi connectivity index (χ2v) is 5.76. The fraction of sp³-hybridized carbons (Fsp3) is 0.462. The second kappa shape index (κ2) is 4.97. The minimum atomic E-state index is -0.875. The predicted molar refractivity (Wildman–Crippen MR) is 69.8 cm³/mol. The molecule has 1 aliphatic rings. The van der Waals surface area contributed by atoms with Crippen LogP contribution in [0.1, 0.15) is 25.3 Å². The van der Waals surface area contributed by atoms with E-state index < -0.39 is 11.5 Å². The Bertz CT molecular complexity index is 480. The maximum absolute atomic E-state index is 13.8. The minimum Gasteiger partial charge on any atom is -0.480 e. The first-order chi connectivity index (χ1) is 8.43. The van der Waals surface area contributed by atoms with Crippen molar-refractivity contribution in [2.45, 2.75) is 31.8 Å². The lowest BCUT2D eigenvalue weighted by molar-refractivity contribution is -0.148.